The minimum Gasteiger partial charge on any atom is -0.319 e. The maximum absolute atomic E-state index is 11.9. The topological polar surface area (TPSA) is 34.1 Å². The zero-order chi connectivity index (χ0) is 11.9. The van der Waals surface area contributed by atoms with Gasteiger partial charge in [-0.1, -0.05) is 11.6 Å². The average molecular weight is 265 g/mol. The Morgan fingerprint density at radius 2 is 1.20 bits per heavy atom. The van der Waals surface area contributed by atoms with Crippen LogP contribution < -0.4 is 10.6 Å². The lowest BCUT2D eigenvalue weighted by Gasteiger charge is -2.12. The predicted octanol–water partition coefficient (Wildman–Crippen LogP) is 2.84. The van der Waals surface area contributed by atoms with Crippen molar-refractivity contribution in [3.63, 3.8) is 0 Å². The van der Waals surface area contributed by atoms with Crippen molar-refractivity contribution in [2.75, 3.05) is 26.7 Å². The fourth-order valence-electron chi connectivity index (χ4n) is 1.18. The van der Waals surface area contributed by atoms with Gasteiger partial charge in [-0.3, -0.25) is 0 Å². The highest BCUT2D eigenvalue weighted by atomic mass is 35.5. The molecule has 0 unspecified atom stereocenters. The summed E-state index contributed by atoms with van der Waals surface area (Å²) in [5.74, 6) is 0. The average Bonchev–Trinajstić information content (AvgIpc) is 1.99. The molecule has 0 N–H and O–H groups in total. The molecule has 0 radical (unpaired) electrons. The number of hydrogen-bond donors (Lipinski definition) is 0. The Kier molecular flexibility index (Phi) is 3.55. The molecule has 1 rings (SSSR count). The van der Waals surface area contributed by atoms with Crippen LogP contribution in [0.1, 0.15) is 0 Å². The second kappa shape index (κ2) is 4.09. The first kappa shape index (κ1) is 13.0. The molecule has 0 aliphatic rings. The molecule has 84 valence electrons. The van der Waals surface area contributed by atoms with E-state index in [9.17, 15) is 9.13 Å². The molecule has 0 aliphatic heterocycles. The van der Waals surface area contributed by atoms with Crippen LogP contribution in [0, 0.1) is 0 Å². The van der Waals surface area contributed by atoms with E-state index in [0.29, 0.717) is 15.6 Å². The van der Waals surface area contributed by atoms with Gasteiger partial charge in [-0.2, -0.15) is 0 Å². The Labute approximate surface area is 95.8 Å². The molecule has 0 saturated carbocycles. The fourth-order valence-corrected chi connectivity index (χ4v) is 3.47. The van der Waals surface area contributed by atoms with Gasteiger partial charge < -0.3 is 9.13 Å². The van der Waals surface area contributed by atoms with E-state index in [4.69, 9.17) is 11.6 Å². The summed E-state index contributed by atoms with van der Waals surface area (Å²) in [6, 6.07) is 5.11. The number of hydrogen-bond acceptors (Lipinski definition) is 2. The maximum atomic E-state index is 11.9. The third-order valence-electron chi connectivity index (χ3n) is 2.11. The lowest BCUT2D eigenvalue weighted by Crippen LogP contribution is -2.13. The van der Waals surface area contributed by atoms with Crippen LogP contribution >= 0.6 is 25.9 Å². The molecule has 0 saturated heterocycles. The molecule has 0 atom stereocenters. The van der Waals surface area contributed by atoms with Crippen LogP contribution in [-0.4, -0.2) is 26.7 Å². The van der Waals surface area contributed by atoms with Crippen molar-refractivity contribution in [1.82, 2.24) is 0 Å². The largest absolute Gasteiger partial charge is 0.319 e. The van der Waals surface area contributed by atoms with Gasteiger partial charge in [-0.05, 0) is 44.9 Å². The zero-order valence-corrected chi connectivity index (χ0v) is 11.9. The molecule has 0 aromatic heterocycles. The monoisotopic (exact) mass is 264 g/mol. The van der Waals surface area contributed by atoms with Crippen LogP contribution in [0.4, 0.5) is 0 Å². The Morgan fingerprint density at radius 3 is 1.47 bits per heavy atom. The molecule has 0 fully saturated rings. The lowest BCUT2D eigenvalue weighted by atomic mass is 10.4. The van der Waals surface area contributed by atoms with Crippen molar-refractivity contribution < 1.29 is 9.13 Å². The van der Waals surface area contributed by atoms with Gasteiger partial charge in [-0.25, -0.2) is 0 Å². The Balaban J connectivity index is 3.43. The molecule has 0 heterocycles. The minimum absolute atomic E-state index is 0.496. The highest BCUT2D eigenvalue weighted by Crippen LogP contribution is 2.39. The lowest BCUT2D eigenvalue weighted by molar-refractivity contribution is 0.588. The van der Waals surface area contributed by atoms with E-state index in [1.807, 2.05) is 0 Å². The first-order valence-electron chi connectivity index (χ1n) is 4.52. The van der Waals surface area contributed by atoms with Gasteiger partial charge in [0.15, 0.2) is 0 Å². The van der Waals surface area contributed by atoms with Crippen LogP contribution in [0.2, 0.25) is 5.02 Å². The zero-order valence-electron chi connectivity index (χ0n) is 9.32. The Hall–Kier alpha value is -0.0300. The van der Waals surface area contributed by atoms with Crippen LogP contribution in [0.5, 0.6) is 0 Å². The first-order chi connectivity index (χ1) is 6.60. The summed E-state index contributed by atoms with van der Waals surface area (Å²) in [5, 5.41) is 1.87. The predicted molar refractivity (Wildman–Crippen MR) is 69.6 cm³/mol. The van der Waals surface area contributed by atoms with Crippen molar-refractivity contribution in [3.8, 4) is 0 Å². The summed E-state index contributed by atoms with van der Waals surface area (Å²) in [6.45, 7) is 6.72. The van der Waals surface area contributed by atoms with E-state index < -0.39 is 14.3 Å². The van der Waals surface area contributed by atoms with Gasteiger partial charge in [0.05, 0.1) is 0 Å². The van der Waals surface area contributed by atoms with E-state index in [1.54, 1.807) is 44.9 Å². The SMILES string of the molecule is CP(C)(=O)c1cc(Cl)cc(P(C)(C)=O)c1. The number of halogens is 1. The van der Waals surface area contributed by atoms with Crippen LogP contribution in [0.3, 0.4) is 0 Å². The summed E-state index contributed by atoms with van der Waals surface area (Å²) in [4.78, 5) is 0. The van der Waals surface area contributed by atoms with Crippen molar-refractivity contribution >= 4 is 36.5 Å². The van der Waals surface area contributed by atoms with Gasteiger partial charge >= 0.3 is 0 Å². The third kappa shape index (κ3) is 3.48. The normalized spacial score (nSPS) is 12.9. The van der Waals surface area contributed by atoms with Gasteiger partial charge in [0.25, 0.3) is 0 Å². The molecule has 1 aromatic carbocycles. The van der Waals surface area contributed by atoms with E-state index in [2.05, 4.69) is 0 Å². The van der Waals surface area contributed by atoms with Crippen LogP contribution in [0.25, 0.3) is 0 Å². The molecule has 15 heavy (non-hydrogen) atoms. The number of benzene rings is 1. The van der Waals surface area contributed by atoms with Crippen LogP contribution in [-0.2, 0) is 9.13 Å². The highest BCUT2D eigenvalue weighted by molar-refractivity contribution is 7.71. The van der Waals surface area contributed by atoms with Gasteiger partial charge in [-0.15, -0.1) is 0 Å². The van der Waals surface area contributed by atoms with Crippen molar-refractivity contribution in [2.45, 2.75) is 0 Å². The van der Waals surface area contributed by atoms with Gasteiger partial charge in [0.1, 0.15) is 14.3 Å². The Morgan fingerprint density at radius 1 is 0.867 bits per heavy atom. The second-order valence-electron chi connectivity index (χ2n) is 4.37. The smallest absolute Gasteiger partial charge is 0.109 e. The number of rotatable bonds is 2. The second-order valence-corrected chi connectivity index (χ2v) is 11.2. The van der Waals surface area contributed by atoms with E-state index in [-0.39, 0.29) is 0 Å². The van der Waals surface area contributed by atoms with Gasteiger partial charge in [0.2, 0.25) is 0 Å². The van der Waals surface area contributed by atoms with Crippen LogP contribution in [0.15, 0.2) is 18.2 Å². The molecule has 5 heteroatoms. The standard InChI is InChI=1S/C10H15ClO2P2/c1-14(2,12)9-5-8(11)6-10(7-9)15(3,4)13/h5-7H,1-4H3. The Bertz CT molecular complexity index is 430. The van der Waals surface area contributed by atoms with Crippen molar-refractivity contribution in [3.05, 3.63) is 23.2 Å². The molecular weight excluding hydrogens is 250 g/mol. The molecule has 2 nitrogen and oxygen atoms in total. The van der Waals surface area contributed by atoms with Crippen molar-refractivity contribution in [2.24, 2.45) is 0 Å². The third-order valence-corrected chi connectivity index (χ3v) is 5.33. The molecule has 1 aromatic rings. The maximum Gasteiger partial charge on any atom is 0.109 e. The van der Waals surface area contributed by atoms with E-state index >= 15 is 0 Å². The van der Waals surface area contributed by atoms with E-state index in [0.717, 1.165) is 0 Å². The summed E-state index contributed by atoms with van der Waals surface area (Å²) in [7, 11) is -4.69. The minimum atomic E-state index is -2.35. The summed E-state index contributed by atoms with van der Waals surface area (Å²) in [6.07, 6.45) is 0. The fraction of sp³-hybridized carbons (Fsp3) is 0.400. The molecular formula is C10H15ClO2P2. The molecule has 0 spiro atoms. The summed E-state index contributed by atoms with van der Waals surface area (Å²) < 4.78 is 23.8. The van der Waals surface area contributed by atoms with Crippen molar-refractivity contribution in [1.29, 1.82) is 0 Å². The molecule has 0 aliphatic carbocycles. The molecule has 0 bridgehead atoms. The van der Waals surface area contributed by atoms with Gasteiger partial charge in [0, 0.05) is 15.6 Å². The van der Waals surface area contributed by atoms with E-state index in [1.165, 1.54) is 0 Å². The summed E-state index contributed by atoms with van der Waals surface area (Å²) in [5.41, 5.74) is 0. The molecule has 0 amide bonds. The highest BCUT2D eigenvalue weighted by Gasteiger charge is 2.17. The quantitative estimate of drug-likeness (QED) is 0.770. The first-order valence-corrected chi connectivity index (χ1v) is 10.1. The summed E-state index contributed by atoms with van der Waals surface area (Å²) >= 11 is 5.92.